The van der Waals surface area contributed by atoms with Gasteiger partial charge in [0.05, 0.1) is 4.92 Å². The van der Waals surface area contributed by atoms with E-state index in [1.807, 2.05) is 43.3 Å². The molecule has 132 valence electrons. The van der Waals surface area contributed by atoms with Crippen LogP contribution in [0.4, 0.5) is 23.1 Å². The quantitative estimate of drug-likeness (QED) is 0.496. The maximum Gasteiger partial charge on any atom is 0.353 e. The highest BCUT2D eigenvalue weighted by Crippen LogP contribution is 2.31. The van der Waals surface area contributed by atoms with E-state index < -0.39 is 4.92 Å². The lowest BCUT2D eigenvalue weighted by molar-refractivity contribution is -0.383. The van der Waals surface area contributed by atoms with Gasteiger partial charge in [-0.05, 0) is 30.5 Å². The molecule has 0 aliphatic rings. The van der Waals surface area contributed by atoms with Crippen molar-refractivity contribution in [2.75, 3.05) is 17.2 Å². The molecule has 2 aromatic heterocycles. The minimum absolute atomic E-state index is 0.106. The zero-order chi connectivity index (χ0) is 18.4. The Kier molecular flexibility index (Phi) is 5.33. The molecule has 3 rings (SSSR count). The fourth-order valence-corrected chi connectivity index (χ4v) is 2.47. The Balaban J connectivity index is 1.80. The molecule has 2 N–H and O–H groups in total. The van der Waals surface area contributed by atoms with Gasteiger partial charge >= 0.3 is 5.69 Å². The topological polar surface area (TPSA) is 106 Å². The van der Waals surface area contributed by atoms with Crippen molar-refractivity contribution in [3.63, 3.8) is 0 Å². The number of nitrogens with zero attached hydrogens (tertiary/aromatic N) is 4. The van der Waals surface area contributed by atoms with E-state index in [1.54, 1.807) is 12.3 Å². The molecule has 0 spiro atoms. The van der Waals surface area contributed by atoms with Gasteiger partial charge in [-0.25, -0.2) is 15.0 Å². The maximum absolute atomic E-state index is 11.6. The molecule has 2 heterocycles. The van der Waals surface area contributed by atoms with E-state index in [9.17, 15) is 10.1 Å². The Bertz CT molecular complexity index is 901. The number of hydrogen-bond acceptors (Lipinski definition) is 7. The van der Waals surface area contributed by atoms with Crippen LogP contribution < -0.4 is 10.6 Å². The maximum atomic E-state index is 11.6. The predicted molar refractivity (Wildman–Crippen MR) is 99.6 cm³/mol. The van der Waals surface area contributed by atoms with Crippen molar-refractivity contribution >= 4 is 23.1 Å². The molecule has 0 aliphatic carbocycles. The van der Waals surface area contributed by atoms with Gasteiger partial charge in [-0.3, -0.25) is 10.1 Å². The summed E-state index contributed by atoms with van der Waals surface area (Å²) in [5.74, 6) is 0.801. The molecule has 0 amide bonds. The van der Waals surface area contributed by atoms with Crippen LogP contribution in [-0.2, 0) is 6.42 Å². The number of nitrogens with one attached hydrogen (secondary N) is 2. The Hall–Kier alpha value is -3.55. The van der Waals surface area contributed by atoms with E-state index in [-0.39, 0.29) is 17.3 Å². The van der Waals surface area contributed by atoms with Gasteiger partial charge in [0.1, 0.15) is 12.1 Å². The fourth-order valence-electron chi connectivity index (χ4n) is 2.47. The molecule has 0 atom stereocenters. The van der Waals surface area contributed by atoms with Crippen molar-refractivity contribution in [1.82, 2.24) is 15.0 Å². The van der Waals surface area contributed by atoms with E-state index in [4.69, 9.17) is 0 Å². The SMILES string of the molecule is Cc1cccnc1Nc1ncnc(NCCc2ccccc2)c1[N+](=O)[O-]. The second-order valence-corrected chi connectivity index (χ2v) is 5.63. The van der Waals surface area contributed by atoms with E-state index in [0.717, 1.165) is 17.5 Å². The van der Waals surface area contributed by atoms with Crippen LogP contribution in [0.3, 0.4) is 0 Å². The average molecular weight is 350 g/mol. The largest absolute Gasteiger partial charge is 0.364 e. The van der Waals surface area contributed by atoms with Crippen LogP contribution in [-0.4, -0.2) is 26.4 Å². The van der Waals surface area contributed by atoms with E-state index in [1.165, 1.54) is 6.33 Å². The van der Waals surface area contributed by atoms with Crippen LogP contribution in [0, 0.1) is 17.0 Å². The van der Waals surface area contributed by atoms with Crippen LogP contribution in [0.15, 0.2) is 55.0 Å². The molecule has 8 heteroatoms. The predicted octanol–water partition coefficient (Wildman–Crippen LogP) is 3.49. The van der Waals surface area contributed by atoms with E-state index in [0.29, 0.717) is 12.4 Å². The molecule has 8 nitrogen and oxygen atoms in total. The molecule has 0 bridgehead atoms. The van der Waals surface area contributed by atoms with Crippen molar-refractivity contribution < 1.29 is 4.92 Å². The number of nitro groups is 1. The lowest BCUT2D eigenvalue weighted by atomic mass is 10.1. The zero-order valence-corrected chi connectivity index (χ0v) is 14.2. The standard InChI is InChI=1S/C18H18N6O2/c1-13-6-5-10-19-16(13)23-18-15(24(25)26)17(21-12-22-18)20-11-9-14-7-3-2-4-8-14/h2-8,10,12H,9,11H2,1H3,(H2,19,20,21,22,23). The summed E-state index contributed by atoms with van der Waals surface area (Å²) in [6.07, 6.45) is 3.63. The summed E-state index contributed by atoms with van der Waals surface area (Å²) in [6, 6.07) is 13.5. The molecule has 3 aromatic rings. The molecule has 0 aliphatic heterocycles. The van der Waals surface area contributed by atoms with Gasteiger partial charge in [0.2, 0.25) is 11.6 Å². The first kappa shape index (κ1) is 17.3. The van der Waals surface area contributed by atoms with Gasteiger partial charge in [-0.15, -0.1) is 0 Å². The summed E-state index contributed by atoms with van der Waals surface area (Å²) in [5.41, 5.74) is 1.80. The van der Waals surface area contributed by atoms with Crippen LogP contribution in [0.2, 0.25) is 0 Å². The summed E-state index contributed by atoms with van der Waals surface area (Å²) >= 11 is 0. The van der Waals surface area contributed by atoms with Crippen molar-refractivity contribution in [3.8, 4) is 0 Å². The van der Waals surface area contributed by atoms with Gasteiger partial charge in [-0.2, -0.15) is 0 Å². The number of aromatic nitrogens is 3. The second-order valence-electron chi connectivity index (χ2n) is 5.63. The smallest absolute Gasteiger partial charge is 0.353 e. The van der Waals surface area contributed by atoms with Gasteiger partial charge in [0.25, 0.3) is 0 Å². The number of rotatable bonds is 7. The Morgan fingerprint density at radius 1 is 1.00 bits per heavy atom. The molecule has 0 saturated carbocycles. The minimum atomic E-state index is -0.495. The lowest BCUT2D eigenvalue weighted by Gasteiger charge is -2.10. The molecule has 0 radical (unpaired) electrons. The number of benzene rings is 1. The zero-order valence-electron chi connectivity index (χ0n) is 14.2. The summed E-state index contributed by atoms with van der Waals surface area (Å²) in [5, 5.41) is 17.5. The summed E-state index contributed by atoms with van der Waals surface area (Å²) < 4.78 is 0. The van der Waals surface area contributed by atoms with Crippen molar-refractivity contribution in [1.29, 1.82) is 0 Å². The Morgan fingerprint density at radius 2 is 1.77 bits per heavy atom. The van der Waals surface area contributed by atoms with Crippen LogP contribution in [0.1, 0.15) is 11.1 Å². The molecule has 26 heavy (non-hydrogen) atoms. The van der Waals surface area contributed by atoms with Gasteiger partial charge in [0.15, 0.2) is 0 Å². The third-order valence-electron chi connectivity index (χ3n) is 3.80. The lowest BCUT2D eigenvalue weighted by Crippen LogP contribution is -2.11. The number of anilines is 3. The average Bonchev–Trinajstić information content (AvgIpc) is 2.64. The summed E-state index contributed by atoms with van der Waals surface area (Å²) in [4.78, 5) is 23.3. The molecular weight excluding hydrogens is 332 g/mol. The van der Waals surface area contributed by atoms with Crippen molar-refractivity contribution in [2.24, 2.45) is 0 Å². The molecule has 0 saturated heterocycles. The van der Waals surface area contributed by atoms with E-state index >= 15 is 0 Å². The molecule has 1 aromatic carbocycles. The monoisotopic (exact) mass is 350 g/mol. The Morgan fingerprint density at radius 3 is 2.50 bits per heavy atom. The van der Waals surface area contributed by atoms with E-state index in [2.05, 4.69) is 25.6 Å². The van der Waals surface area contributed by atoms with Gasteiger partial charge in [-0.1, -0.05) is 36.4 Å². The second kappa shape index (κ2) is 8.02. The van der Waals surface area contributed by atoms with Crippen LogP contribution in [0.5, 0.6) is 0 Å². The number of hydrogen-bond donors (Lipinski definition) is 2. The fraction of sp³-hybridized carbons (Fsp3) is 0.167. The third-order valence-corrected chi connectivity index (χ3v) is 3.80. The van der Waals surface area contributed by atoms with Crippen molar-refractivity contribution in [3.05, 3.63) is 76.2 Å². The van der Waals surface area contributed by atoms with Crippen LogP contribution in [0.25, 0.3) is 0 Å². The van der Waals surface area contributed by atoms with Crippen LogP contribution >= 0.6 is 0 Å². The first-order valence-electron chi connectivity index (χ1n) is 8.11. The normalized spacial score (nSPS) is 10.3. The van der Waals surface area contributed by atoms with Gasteiger partial charge < -0.3 is 10.6 Å². The van der Waals surface area contributed by atoms with Gasteiger partial charge in [0, 0.05) is 12.7 Å². The van der Waals surface area contributed by atoms with Crippen molar-refractivity contribution in [2.45, 2.75) is 13.3 Å². The summed E-state index contributed by atoms with van der Waals surface area (Å²) in [6.45, 7) is 2.38. The molecular formula is C18H18N6O2. The molecule has 0 fully saturated rings. The highest BCUT2D eigenvalue weighted by molar-refractivity contribution is 5.73. The first-order valence-corrected chi connectivity index (χ1v) is 8.11. The Labute approximate surface area is 150 Å². The number of pyridine rings is 1. The summed E-state index contributed by atoms with van der Waals surface area (Å²) in [7, 11) is 0. The molecule has 0 unspecified atom stereocenters. The first-order chi connectivity index (χ1) is 12.6. The minimum Gasteiger partial charge on any atom is -0.364 e. The third kappa shape index (κ3) is 4.10. The highest BCUT2D eigenvalue weighted by atomic mass is 16.6. The highest BCUT2D eigenvalue weighted by Gasteiger charge is 2.23. The number of aryl methyl sites for hydroxylation is 1.